The van der Waals surface area contributed by atoms with Crippen molar-refractivity contribution in [3.63, 3.8) is 0 Å². The summed E-state index contributed by atoms with van der Waals surface area (Å²) in [5.74, 6) is 0.729. The third-order valence-electron chi connectivity index (χ3n) is 4.27. The molecule has 3 rings (SSSR count). The summed E-state index contributed by atoms with van der Waals surface area (Å²) in [6.07, 6.45) is 3.80. The molecular formula is C24H23NO4. The molecule has 1 amide bonds. The molecule has 0 heterocycles. The monoisotopic (exact) mass is 389 g/mol. The average molecular weight is 389 g/mol. The molecule has 0 spiro atoms. The predicted octanol–water partition coefficient (Wildman–Crippen LogP) is 4.67. The fourth-order valence-corrected chi connectivity index (χ4v) is 2.78. The van der Waals surface area contributed by atoms with E-state index in [1.54, 1.807) is 24.3 Å². The summed E-state index contributed by atoms with van der Waals surface area (Å²) >= 11 is 0. The summed E-state index contributed by atoms with van der Waals surface area (Å²) in [7, 11) is 1.48. The number of para-hydroxylation sites is 2. The van der Waals surface area contributed by atoms with Crippen LogP contribution < -0.4 is 14.8 Å². The second kappa shape index (κ2) is 9.99. The SMILES string of the molecule is COc1ccc(C=CC(=O)Nc2ccccc2OCCc2ccccc2)cc1O. The Balaban J connectivity index is 1.59. The molecule has 0 radical (unpaired) electrons. The van der Waals surface area contributed by atoms with Crippen LogP contribution in [0.4, 0.5) is 5.69 Å². The number of carbonyl (C=O) groups is 1. The van der Waals surface area contributed by atoms with Crippen LogP contribution in [0.2, 0.25) is 0 Å². The van der Waals surface area contributed by atoms with Crippen molar-refractivity contribution in [2.24, 2.45) is 0 Å². The molecule has 0 saturated carbocycles. The van der Waals surface area contributed by atoms with Gasteiger partial charge in [0.2, 0.25) is 5.91 Å². The first-order valence-corrected chi connectivity index (χ1v) is 9.27. The van der Waals surface area contributed by atoms with Crippen molar-refractivity contribution in [3.8, 4) is 17.2 Å². The van der Waals surface area contributed by atoms with Crippen LogP contribution in [0.5, 0.6) is 17.2 Å². The van der Waals surface area contributed by atoms with Gasteiger partial charge < -0.3 is 19.9 Å². The average Bonchev–Trinajstić information content (AvgIpc) is 2.74. The van der Waals surface area contributed by atoms with Gasteiger partial charge in [-0.15, -0.1) is 0 Å². The van der Waals surface area contributed by atoms with Crippen LogP contribution in [-0.2, 0) is 11.2 Å². The van der Waals surface area contributed by atoms with Gasteiger partial charge in [-0.05, 0) is 41.5 Å². The molecule has 2 N–H and O–H groups in total. The smallest absolute Gasteiger partial charge is 0.248 e. The van der Waals surface area contributed by atoms with Crippen LogP contribution in [0.3, 0.4) is 0 Å². The lowest BCUT2D eigenvalue weighted by Gasteiger charge is -2.11. The Morgan fingerprint density at radius 3 is 2.52 bits per heavy atom. The summed E-state index contributed by atoms with van der Waals surface area (Å²) in [6, 6.07) is 22.3. The van der Waals surface area contributed by atoms with Gasteiger partial charge in [0.1, 0.15) is 5.75 Å². The van der Waals surface area contributed by atoms with E-state index >= 15 is 0 Å². The second-order valence-electron chi connectivity index (χ2n) is 6.33. The fraction of sp³-hybridized carbons (Fsp3) is 0.125. The molecule has 29 heavy (non-hydrogen) atoms. The highest BCUT2D eigenvalue weighted by Gasteiger charge is 2.06. The van der Waals surface area contributed by atoms with Gasteiger partial charge in [0.25, 0.3) is 0 Å². The van der Waals surface area contributed by atoms with E-state index in [1.807, 2.05) is 36.4 Å². The van der Waals surface area contributed by atoms with Crippen LogP contribution in [0, 0.1) is 0 Å². The number of benzene rings is 3. The molecular weight excluding hydrogens is 366 g/mol. The Labute approximate surface area is 170 Å². The molecule has 0 fully saturated rings. The number of methoxy groups -OCH3 is 1. The maximum atomic E-state index is 12.3. The summed E-state index contributed by atoms with van der Waals surface area (Å²) < 4.78 is 10.9. The van der Waals surface area contributed by atoms with E-state index in [9.17, 15) is 9.90 Å². The topological polar surface area (TPSA) is 67.8 Å². The first kappa shape index (κ1) is 20.0. The van der Waals surface area contributed by atoms with Gasteiger partial charge in [-0.2, -0.15) is 0 Å². The van der Waals surface area contributed by atoms with Gasteiger partial charge in [0.15, 0.2) is 11.5 Å². The van der Waals surface area contributed by atoms with Crippen molar-refractivity contribution in [1.29, 1.82) is 0 Å². The summed E-state index contributed by atoms with van der Waals surface area (Å²) in [4.78, 5) is 12.3. The van der Waals surface area contributed by atoms with E-state index in [0.717, 1.165) is 6.42 Å². The molecule has 0 saturated heterocycles. The zero-order valence-electron chi connectivity index (χ0n) is 16.2. The van der Waals surface area contributed by atoms with Gasteiger partial charge in [0.05, 0.1) is 19.4 Å². The van der Waals surface area contributed by atoms with Crippen LogP contribution >= 0.6 is 0 Å². The van der Waals surface area contributed by atoms with Crippen LogP contribution in [-0.4, -0.2) is 24.7 Å². The zero-order valence-corrected chi connectivity index (χ0v) is 16.2. The summed E-state index contributed by atoms with van der Waals surface area (Å²) in [5.41, 5.74) is 2.48. The Morgan fingerprint density at radius 1 is 1.00 bits per heavy atom. The first-order valence-electron chi connectivity index (χ1n) is 9.27. The number of hydrogen-bond donors (Lipinski definition) is 2. The van der Waals surface area contributed by atoms with E-state index in [1.165, 1.54) is 24.8 Å². The van der Waals surface area contributed by atoms with Gasteiger partial charge in [0, 0.05) is 12.5 Å². The van der Waals surface area contributed by atoms with Crippen molar-refractivity contribution in [2.45, 2.75) is 6.42 Å². The number of ether oxygens (including phenoxy) is 2. The molecule has 5 heteroatoms. The molecule has 0 aliphatic rings. The van der Waals surface area contributed by atoms with Gasteiger partial charge in [-0.3, -0.25) is 4.79 Å². The highest BCUT2D eigenvalue weighted by Crippen LogP contribution is 2.27. The fourth-order valence-electron chi connectivity index (χ4n) is 2.78. The molecule has 0 unspecified atom stereocenters. The molecule has 3 aromatic carbocycles. The Hall–Kier alpha value is -3.73. The van der Waals surface area contributed by atoms with Crippen molar-refractivity contribution in [1.82, 2.24) is 0 Å². The number of anilines is 1. The number of aromatic hydroxyl groups is 1. The molecule has 0 aliphatic heterocycles. The summed E-state index contributed by atoms with van der Waals surface area (Å²) in [6.45, 7) is 0.512. The van der Waals surface area contributed by atoms with Crippen molar-refractivity contribution in [2.75, 3.05) is 19.0 Å². The van der Waals surface area contributed by atoms with Crippen molar-refractivity contribution in [3.05, 3.63) is 90.0 Å². The van der Waals surface area contributed by atoms with E-state index in [2.05, 4.69) is 17.4 Å². The highest BCUT2D eigenvalue weighted by atomic mass is 16.5. The van der Waals surface area contributed by atoms with E-state index < -0.39 is 0 Å². The third-order valence-corrected chi connectivity index (χ3v) is 4.27. The Kier molecular flexibility index (Phi) is 6.90. The highest BCUT2D eigenvalue weighted by molar-refractivity contribution is 6.02. The minimum Gasteiger partial charge on any atom is -0.504 e. The number of phenolic OH excluding ortho intramolecular Hbond substituents is 1. The van der Waals surface area contributed by atoms with Crippen molar-refractivity contribution >= 4 is 17.7 Å². The second-order valence-corrected chi connectivity index (χ2v) is 6.33. The van der Waals surface area contributed by atoms with E-state index in [-0.39, 0.29) is 11.7 Å². The molecule has 0 aliphatic carbocycles. The minimum atomic E-state index is -0.292. The molecule has 3 aromatic rings. The predicted molar refractivity (Wildman–Crippen MR) is 114 cm³/mol. The number of carbonyl (C=O) groups excluding carboxylic acids is 1. The normalized spacial score (nSPS) is 10.7. The van der Waals surface area contributed by atoms with Gasteiger partial charge >= 0.3 is 0 Å². The van der Waals surface area contributed by atoms with E-state index in [0.29, 0.717) is 29.4 Å². The Bertz CT molecular complexity index is 983. The lowest BCUT2D eigenvalue weighted by atomic mass is 10.2. The van der Waals surface area contributed by atoms with Crippen LogP contribution in [0.15, 0.2) is 78.9 Å². The molecule has 0 aromatic heterocycles. The molecule has 148 valence electrons. The first-order chi connectivity index (χ1) is 14.2. The van der Waals surface area contributed by atoms with Gasteiger partial charge in [-0.25, -0.2) is 0 Å². The lowest BCUT2D eigenvalue weighted by Crippen LogP contribution is -2.10. The lowest BCUT2D eigenvalue weighted by molar-refractivity contribution is -0.111. The minimum absolute atomic E-state index is 0.0206. The maximum absolute atomic E-state index is 12.3. The number of rotatable bonds is 8. The molecule has 0 atom stereocenters. The molecule has 0 bridgehead atoms. The zero-order chi connectivity index (χ0) is 20.5. The quantitative estimate of drug-likeness (QED) is 0.549. The number of phenols is 1. The number of hydrogen-bond acceptors (Lipinski definition) is 4. The number of nitrogens with one attached hydrogen (secondary N) is 1. The maximum Gasteiger partial charge on any atom is 0.248 e. The van der Waals surface area contributed by atoms with Crippen LogP contribution in [0.25, 0.3) is 6.08 Å². The van der Waals surface area contributed by atoms with E-state index in [4.69, 9.17) is 9.47 Å². The third kappa shape index (κ3) is 5.87. The van der Waals surface area contributed by atoms with Crippen molar-refractivity contribution < 1.29 is 19.4 Å². The Morgan fingerprint density at radius 2 is 1.76 bits per heavy atom. The standard InChI is InChI=1S/C24H23NO4/c1-28-23-13-11-19(17-21(23)26)12-14-24(27)25-20-9-5-6-10-22(20)29-16-15-18-7-3-2-4-8-18/h2-14,17,26H,15-16H2,1H3,(H,25,27). The van der Waals surface area contributed by atoms with Gasteiger partial charge in [-0.1, -0.05) is 48.5 Å². The van der Waals surface area contributed by atoms with Crippen LogP contribution in [0.1, 0.15) is 11.1 Å². The largest absolute Gasteiger partial charge is 0.504 e. The number of amides is 1. The molecule has 5 nitrogen and oxygen atoms in total. The summed E-state index contributed by atoms with van der Waals surface area (Å²) in [5, 5.41) is 12.6.